The third-order valence-electron chi connectivity index (χ3n) is 3.11. The van der Waals surface area contributed by atoms with Crippen LogP contribution >= 0.6 is 11.8 Å². The summed E-state index contributed by atoms with van der Waals surface area (Å²) in [6.45, 7) is 1.20. The summed E-state index contributed by atoms with van der Waals surface area (Å²) in [6.07, 6.45) is 0. The lowest BCUT2D eigenvalue weighted by molar-refractivity contribution is -0.0185. The normalized spacial score (nSPS) is 18.6. The number of hydrogen-bond acceptors (Lipinski definition) is 5. The van der Waals surface area contributed by atoms with Gasteiger partial charge in [-0.25, -0.2) is 0 Å². The Morgan fingerprint density at radius 2 is 2.35 bits per heavy atom. The number of hydrogen-bond donors (Lipinski definition) is 1. The molecule has 6 heteroatoms. The van der Waals surface area contributed by atoms with E-state index in [4.69, 9.17) is 10.00 Å². The second-order valence-electron chi connectivity index (χ2n) is 4.35. The van der Waals surface area contributed by atoms with Crippen LogP contribution in [0.4, 0.5) is 0 Å². The first kappa shape index (κ1) is 14.9. The Morgan fingerprint density at radius 3 is 3.10 bits per heavy atom. The molecule has 1 fully saturated rings. The lowest BCUT2D eigenvalue weighted by atomic mass is 10.1. The molecule has 0 aromatic heterocycles. The van der Waals surface area contributed by atoms with E-state index in [9.17, 15) is 9.90 Å². The largest absolute Gasteiger partial charge is 0.394 e. The molecule has 1 aliphatic rings. The number of aliphatic hydroxyl groups is 1. The van der Waals surface area contributed by atoms with Gasteiger partial charge in [0.25, 0.3) is 5.91 Å². The molecule has 1 heterocycles. The van der Waals surface area contributed by atoms with E-state index < -0.39 is 0 Å². The molecule has 1 saturated heterocycles. The number of rotatable bonds is 4. The molecule has 1 unspecified atom stereocenters. The van der Waals surface area contributed by atoms with Crippen LogP contribution in [0.1, 0.15) is 10.4 Å². The topological polar surface area (TPSA) is 73.6 Å². The van der Waals surface area contributed by atoms with Crippen molar-refractivity contribution >= 4 is 17.7 Å². The van der Waals surface area contributed by atoms with E-state index in [-0.39, 0.29) is 18.6 Å². The molecule has 1 amide bonds. The molecule has 0 aliphatic carbocycles. The number of benzene rings is 1. The monoisotopic (exact) mass is 292 g/mol. The van der Waals surface area contributed by atoms with Crippen molar-refractivity contribution in [1.82, 2.24) is 4.90 Å². The number of morpholine rings is 1. The third kappa shape index (κ3) is 3.31. The summed E-state index contributed by atoms with van der Waals surface area (Å²) in [6, 6.07) is 9.00. The highest BCUT2D eigenvalue weighted by Crippen LogP contribution is 2.24. The summed E-state index contributed by atoms with van der Waals surface area (Å²) in [5.41, 5.74) is 0.577. The lowest BCUT2D eigenvalue weighted by Gasteiger charge is -2.34. The highest BCUT2D eigenvalue weighted by atomic mass is 32.2. The smallest absolute Gasteiger partial charge is 0.255 e. The van der Waals surface area contributed by atoms with Crippen molar-refractivity contribution in [3.05, 3.63) is 29.8 Å². The fourth-order valence-corrected chi connectivity index (χ4v) is 2.81. The zero-order valence-electron chi connectivity index (χ0n) is 11.0. The zero-order valence-corrected chi connectivity index (χ0v) is 11.8. The summed E-state index contributed by atoms with van der Waals surface area (Å²) < 4.78 is 5.28. The highest BCUT2D eigenvalue weighted by Gasteiger charge is 2.28. The predicted molar refractivity (Wildman–Crippen MR) is 75.5 cm³/mol. The quantitative estimate of drug-likeness (QED) is 0.842. The van der Waals surface area contributed by atoms with Crippen molar-refractivity contribution in [2.75, 3.05) is 32.1 Å². The molecule has 0 saturated carbocycles. The Kier molecular flexibility index (Phi) is 5.41. The Morgan fingerprint density at radius 1 is 1.55 bits per heavy atom. The Labute approximate surface area is 122 Å². The molecule has 20 heavy (non-hydrogen) atoms. The van der Waals surface area contributed by atoms with Crippen LogP contribution < -0.4 is 0 Å². The van der Waals surface area contributed by atoms with Gasteiger partial charge in [-0.3, -0.25) is 4.79 Å². The maximum Gasteiger partial charge on any atom is 0.255 e. The first-order valence-electron chi connectivity index (χ1n) is 6.36. The van der Waals surface area contributed by atoms with Crippen molar-refractivity contribution in [2.45, 2.75) is 10.9 Å². The van der Waals surface area contributed by atoms with Crippen LogP contribution in [-0.4, -0.2) is 54.1 Å². The minimum atomic E-state index is -0.301. The fraction of sp³-hybridized carbons (Fsp3) is 0.429. The van der Waals surface area contributed by atoms with Gasteiger partial charge in [-0.05, 0) is 12.1 Å². The zero-order chi connectivity index (χ0) is 14.4. The second-order valence-corrected chi connectivity index (χ2v) is 5.37. The van der Waals surface area contributed by atoms with Gasteiger partial charge < -0.3 is 14.7 Å². The molecule has 0 bridgehead atoms. The molecule has 1 atom stereocenters. The minimum Gasteiger partial charge on any atom is -0.394 e. The molecule has 1 aliphatic heterocycles. The summed E-state index contributed by atoms with van der Waals surface area (Å²) in [7, 11) is 0. The minimum absolute atomic E-state index is 0.112. The first-order valence-corrected chi connectivity index (χ1v) is 7.35. The second kappa shape index (κ2) is 7.29. The van der Waals surface area contributed by atoms with Gasteiger partial charge in [0.2, 0.25) is 0 Å². The van der Waals surface area contributed by atoms with Crippen LogP contribution in [-0.2, 0) is 4.74 Å². The molecular formula is C14H16N2O3S. The van der Waals surface area contributed by atoms with E-state index in [1.54, 1.807) is 17.0 Å². The van der Waals surface area contributed by atoms with E-state index in [1.165, 1.54) is 11.8 Å². The van der Waals surface area contributed by atoms with Gasteiger partial charge in [0.05, 0.1) is 43.2 Å². The number of nitriles is 1. The molecule has 1 aromatic rings. The number of amides is 1. The van der Waals surface area contributed by atoms with Gasteiger partial charge in [-0.15, -0.1) is 11.8 Å². The van der Waals surface area contributed by atoms with Crippen molar-refractivity contribution in [3.63, 3.8) is 0 Å². The van der Waals surface area contributed by atoms with Crippen LogP contribution in [0.25, 0.3) is 0 Å². The van der Waals surface area contributed by atoms with Crippen molar-refractivity contribution in [3.8, 4) is 6.07 Å². The fourth-order valence-electron chi connectivity index (χ4n) is 2.11. The molecule has 106 valence electrons. The molecule has 1 N–H and O–H groups in total. The van der Waals surface area contributed by atoms with Crippen LogP contribution in [0, 0.1) is 11.3 Å². The molecule has 0 radical (unpaired) electrons. The molecular weight excluding hydrogens is 276 g/mol. The molecule has 2 rings (SSSR count). The van der Waals surface area contributed by atoms with Gasteiger partial charge in [0.1, 0.15) is 0 Å². The summed E-state index contributed by atoms with van der Waals surface area (Å²) in [4.78, 5) is 15.1. The van der Waals surface area contributed by atoms with Gasteiger partial charge in [-0.1, -0.05) is 12.1 Å². The van der Waals surface area contributed by atoms with Crippen molar-refractivity contribution < 1.29 is 14.6 Å². The van der Waals surface area contributed by atoms with Crippen molar-refractivity contribution in [1.29, 1.82) is 5.26 Å². The number of aliphatic hydroxyl groups excluding tert-OH is 1. The van der Waals surface area contributed by atoms with E-state index in [0.717, 1.165) is 4.90 Å². The number of thioether (sulfide) groups is 1. The molecule has 5 nitrogen and oxygen atoms in total. The average molecular weight is 292 g/mol. The number of ether oxygens (including phenoxy) is 1. The maximum absolute atomic E-state index is 12.6. The van der Waals surface area contributed by atoms with Crippen LogP contribution in [0.3, 0.4) is 0 Å². The Hall–Kier alpha value is -1.55. The van der Waals surface area contributed by atoms with Gasteiger partial charge in [-0.2, -0.15) is 5.26 Å². The van der Waals surface area contributed by atoms with Gasteiger partial charge in [0.15, 0.2) is 0 Å². The predicted octanol–water partition coefficient (Wildman–Crippen LogP) is 1.14. The Balaban J connectivity index is 2.21. The third-order valence-corrected chi connectivity index (χ3v) is 4.05. The van der Waals surface area contributed by atoms with Crippen molar-refractivity contribution in [2.24, 2.45) is 0 Å². The Bertz CT molecular complexity index is 515. The van der Waals surface area contributed by atoms with E-state index in [1.807, 2.05) is 12.1 Å². The summed E-state index contributed by atoms with van der Waals surface area (Å²) in [5, 5.41) is 18.0. The van der Waals surface area contributed by atoms with Gasteiger partial charge >= 0.3 is 0 Å². The van der Waals surface area contributed by atoms with Crippen LogP contribution in [0.5, 0.6) is 0 Å². The maximum atomic E-state index is 12.6. The summed E-state index contributed by atoms with van der Waals surface area (Å²) in [5.74, 6) is 0.185. The van der Waals surface area contributed by atoms with Crippen LogP contribution in [0.2, 0.25) is 0 Å². The number of nitrogens with zero attached hydrogens (tertiary/aromatic N) is 2. The summed E-state index contributed by atoms with van der Waals surface area (Å²) >= 11 is 1.35. The molecule has 1 aromatic carbocycles. The van der Waals surface area contributed by atoms with Gasteiger partial charge in [0, 0.05) is 11.4 Å². The van der Waals surface area contributed by atoms with E-state index in [2.05, 4.69) is 6.07 Å². The number of carbonyl (C=O) groups is 1. The standard InChI is InChI=1S/C14H16N2O3S/c15-5-8-20-13-4-2-1-3-12(13)14(18)16-6-7-19-10-11(16)9-17/h1-4,11,17H,6-10H2. The molecule has 0 spiro atoms. The van der Waals surface area contributed by atoms with E-state index >= 15 is 0 Å². The number of carbonyl (C=O) groups excluding carboxylic acids is 1. The van der Waals surface area contributed by atoms with E-state index in [0.29, 0.717) is 31.1 Å². The highest BCUT2D eigenvalue weighted by molar-refractivity contribution is 7.99. The lowest BCUT2D eigenvalue weighted by Crippen LogP contribution is -2.50. The average Bonchev–Trinajstić information content (AvgIpc) is 2.52. The SMILES string of the molecule is N#CCSc1ccccc1C(=O)N1CCOCC1CO. The first-order chi connectivity index (χ1) is 9.77. The van der Waals surface area contributed by atoms with Crippen LogP contribution in [0.15, 0.2) is 29.2 Å².